The normalized spacial score (nSPS) is 10.3. The maximum absolute atomic E-state index is 11.4. The minimum atomic E-state index is -0.385. The number of ether oxygens (including phenoxy) is 1. The van der Waals surface area contributed by atoms with Crippen molar-refractivity contribution in [1.29, 1.82) is 0 Å². The first kappa shape index (κ1) is 12.5. The Balaban J connectivity index is 2.33. The van der Waals surface area contributed by atoms with Crippen molar-refractivity contribution in [2.75, 3.05) is 12.4 Å². The molecule has 94 valence electrons. The summed E-state index contributed by atoms with van der Waals surface area (Å²) in [6.07, 6.45) is 0.406. The van der Waals surface area contributed by atoms with Gasteiger partial charge in [0.15, 0.2) is 5.13 Å². The predicted octanol–water partition coefficient (Wildman–Crippen LogP) is 2.43. The monoisotopic (exact) mass is 264 g/mol. The van der Waals surface area contributed by atoms with Crippen LogP contribution < -0.4 is 5.32 Å². The van der Waals surface area contributed by atoms with Crippen molar-refractivity contribution in [3.63, 3.8) is 0 Å². The van der Waals surface area contributed by atoms with E-state index in [0.717, 1.165) is 10.2 Å². The van der Waals surface area contributed by atoms with E-state index in [1.165, 1.54) is 18.4 Å². The molecule has 0 aliphatic heterocycles. The lowest BCUT2D eigenvalue weighted by atomic mass is 10.2. The average molecular weight is 264 g/mol. The van der Waals surface area contributed by atoms with Crippen LogP contribution in [0, 0.1) is 0 Å². The number of esters is 1. The zero-order valence-corrected chi connectivity index (χ0v) is 10.8. The molecule has 0 fully saturated rings. The highest BCUT2D eigenvalue weighted by atomic mass is 32.1. The van der Waals surface area contributed by atoms with E-state index >= 15 is 0 Å². The molecule has 1 aromatic heterocycles. The van der Waals surface area contributed by atoms with Gasteiger partial charge in [-0.15, -0.1) is 0 Å². The van der Waals surface area contributed by atoms with Crippen LogP contribution in [0.25, 0.3) is 10.2 Å². The third-order valence-electron chi connectivity index (χ3n) is 2.38. The number of methoxy groups -OCH3 is 1. The smallest absolute Gasteiger partial charge is 0.337 e. The van der Waals surface area contributed by atoms with Gasteiger partial charge in [0.2, 0.25) is 5.91 Å². The highest BCUT2D eigenvalue weighted by Crippen LogP contribution is 2.27. The number of carbonyl (C=O) groups is 2. The fourth-order valence-corrected chi connectivity index (χ4v) is 2.35. The number of nitrogens with one attached hydrogen (secondary N) is 1. The van der Waals surface area contributed by atoms with Crippen molar-refractivity contribution >= 4 is 38.6 Å². The molecule has 2 rings (SSSR count). The number of hydrogen-bond acceptors (Lipinski definition) is 5. The molecule has 5 nitrogen and oxygen atoms in total. The number of fused-ring (bicyclic) bond motifs is 1. The average Bonchev–Trinajstić information content (AvgIpc) is 2.78. The molecule has 18 heavy (non-hydrogen) atoms. The second-order valence-electron chi connectivity index (χ2n) is 3.59. The molecule has 1 N–H and O–H groups in total. The first-order chi connectivity index (χ1) is 8.63. The van der Waals surface area contributed by atoms with Crippen molar-refractivity contribution in [3.05, 3.63) is 23.8 Å². The maximum Gasteiger partial charge on any atom is 0.337 e. The van der Waals surface area contributed by atoms with E-state index < -0.39 is 0 Å². The zero-order chi connectivity index (χ0) is 13.1. The molecule has 0 unspecified atom stereocenters. The number of carbonyl (C=O) groups excluding carboxylic acids is 2. The Hall–Kier alpha value is -1.95. The van der Waals surface area contributed by atoms with E-state index in [1.807, 2.05) is 0 Å². The summed E-state index contributed by atoms with van der Waals surface area (Å²) >= 11 is 1.33. The molecule has 0 atom stereocenters. The fraction of sp³-hybridized carbons (Fsp3) is 0.250. The molecule has 0 saturated heterocycles. The van der Waals surface area contributed by atoms with E-state index in [9.17, 15) is 9.59 Å². The van der Waals surface area contributed by atoms with Gasteiger partial charge >= 0.3 is 5.97 Å². The molecule has 0 bridgehead atoms. The first-order valence-electron chi connectivity index (χ1n) is 5.42. The topological polar surface area (TPSA) is 68.3 Å². The van der Waals surface area contributed by atoms with Crippen molar-refractivity contribution in [1.82, 2.24) is 4.98 Å². The maximum atomic E-state index is 11.4. The molecule has 2 aromatic rings. The van der Waals surface area contributed by atoms with Gasteiger partial charge in [0.05, 0.1) is 22.9 Å². The number of amides is 1. The summed E-state index contributed by atoms with van der Waals surface area (Å²) in [6, 6.07) is 5.10. The Morgan fingerprint density at radius 1 is 1.44 bits per heavy atom. The van der Waals surface area contributed by atoms with Crippen LogP contribution in [-0.2, 0) is 9.53 Å². The van der Waals surface area contributed by atoms with Crippen molar-refractivity contribution in [2.24, 2.45) is 0 Å². The van der Waals surface area contributed by atoms with Gasteiger partial charge in [0.1, 0.15) is 0 Å². The van der Waals surface area contributed by atoms with E-state index in [-0.39, 0.29) is 11.9 Å². The lowest BCUT2D eigenvalue weighted by molar-refractivity contribution is -0.115. The molecule has 1 amide bonds. The second kappa shape index (κ2) is 5.14. The zero-order valence-electron chi connectivity index (χ0n) is 10.0. The minimum absolute atomic E-state index is 0.0813. The third-order valence-corrected chi connectivity index (χ3v) is 3.31. The van der Waals surface area contributed by atoms with Crippen molar-refractivity contribution in [2.45, 2.75) is 13.3 Å². The van der Waals surface area contributed by atoms with Gasteiger partial charge in [-0.2, -0.15) is 0 Å². The Kier molecular flexibility index (Phi) is 3.57. The number of anilines is 1. The second-order valence-corrected chi connectivity index (χ2v) is 4.63. The number of benzene rings is 1. The summed E-state index contributed by atoms with van der Waals surface area (Å²) in [6.45, 7) is 1.78. The number of thiazole rings is 1. The highest BCUT2D eigenvalue weighted by molar-refractivity contribution is 7.22. The van der Waals surface area contributed by atoms with Gasteiger partial charge in [0, 0.05) is 6.42 Å². The molecule has 1 heterocycles. The van der Waals surface area contributed by atoms with Crippen LogP contribution in [0.3, 0.4) is 0 Å². The SMILES string of the molecule is CCC(=O)Nc1nc2ccc(C(=O)OC)cc2s1. The van der Waals surface area contributed by atoms with Crippen LogP contribution in [0.5, 0.6) is 0 Å². The fourth-order valence-electron chi connectivity index (χ4n) is 1.43. The highest BCUT2D eigenvalue weighted by Gasteiger charge is 2.10. The number of nitrogens with zero attached hydrogens (tertiary/aromatic N) is 1. The number of rotatable bonds is 3. The van der Waals surface area contributed by atoms with Gasteiger partial charge in [0.25, 0.3) is 0 Å². The summed E-state index contributed by atoms with van der Waals surface area (Å²) in [5.41, 5.74) is 1.22. The van der Waals surface area contributed by atoms with Gasteiger partial charge in [-0.3, -0.25) is 4.79 Å². The summed E-state index contributed by atoms with van der Waals surface area (Å²) in [5, 5.41) is 3.24. The summed E-state index contributed by atoms with van der Waals surface area (Å²) in [7, 11) is 1.34. The number of hydrogen-bond donors (Lipinski definition) is 1. The predicted molar refractivity (Wildman–Crippen MR) is 69.9 cm³/mol. The molecule has 0 aliphatic rings. The Labute approximate surface area is 108 Å². The van der Waals surface area contributed by atoms with E-state index in [2.05, 4.69) is 15.0 Å². The van der Waals surface area contributed by atoms with Gasteiger partial charge in [-0.1, -0.05) is 18.3 Å². The Morgan fingerprint density at radius 3 is 2.89 bits per heavy atom. The van der Waals surface area contributed by atoms with Gasteiger partial charge < -0.3 is 10.1 Å². The molecular formula is C12H12N2O3S. The molecule has 0 spiro atoms. The largest absolute Gasteiger partial charge is 0.465 e. The lowest BCUT2D eigenvalue weighted by Crippen LogP contribution is -2.08. The Morgan fingerprint density at radius 2 is 2.22 bits per heavy atom. The van der Waals surface area contributed by atoms with Crippen LogP contribution >= 0.6 is 11.3 Å². The van der Waals surface area contributed by atoms with E-state index in [0.29, 0.717) is 17.1 Å². The summed E-state index contributed by atoms with van der Waals surface area (Å²) in [4.78, 5) is 26.9. The quantitative estimate of drug-likeness (QED) is 0.864. The summed E-state index contributed by atoms with van der Waals surface area (Å²) < 4.78 is 5.49. The van der Waals surface area contributed by atoms with Crippen LogP contribution in [0.2, 0.25) is 0 Å². The molecule has 6 heteroatoms. The molecule has 0 saturated carbocycles. The lowest BCUT2D eigenvalue weighted by Gasteiger charge is -1.97. The first-order valence-corrected chi connectivity index (χ1v) is 6.24. The standard InChI is InChI=1S/C12H12N2O3S/c1-3-10(15)14-12-13-8-5-4-7(11(16)17-2)6-9(8)18-12/h4-6H,3H2,1-2H3,(H,13,14,15). The van der Waals surface area contributed by atoms with Crippen LogP contribution in [0.1, 0.15) is 23.7 Å². The molecular weight excluding hydrogens is 252 g/mol. The van der Waals surface area contributed by atoms with E-state index in [4.69, 9.17) is 0 Å². The number of aromatic nitrogens is 1. The van der Waals surface area contributed by atoms with Crippen LogP contribution in [0.15, 0.2) is 18.2 Å². The molecule has 0 aliphatic carbocycles. The van der Waals surface area contributed by atoms with Gasteiger partial charge in [-0.05, 0) is 18.2 Å². The van der Waals surface area contributed by atoms with Gasteiger partial charge in [-0.25, -0.2) is 9.78 Å². The van der Waals surface area contributed by atoms with Crippen LogP contribution in [-0.4, -0.2) is 24.0 Å². The Bertz CT molecular complexity index is 606. The van der Waals surface area contributed by atoms with Crippen LogP contribution in [0.4, 0.5) is 5.13 Å². The minimum Gasteiger partial charge on any atom is -0.465 e. The van der Waals surface area contributed by atoms with Crippen molar-refractivity contribution in [3.8, 4) is 0 Å². The third kappa shape index (κ3) is 2.48. The molecule has 1 aromatic carbocycles. The van der Waals surface area contributed by atoms with E-state index in [1.54, 1.807) is 25.1 Å². The van der Waals surface area contributed by atoms with Crippen molar-refractivity contribution < 1.29 is 14.3 Å². The summed E-state index contributed by atoms with van der Waals surface area (Å²) in [5.74, 6) is -0.466. The molecule has 0 radical (unpaired) electrons.